The smallest absolute Gasteiger partial charge is 0.387 e. The van der Waals surface area contributed by atoms with Gasteiger partial charge in [0.2, 0.25) is 0 Å². The Morgan fingerprint density at radius 1 is 1.19 bits per heavy atom. The fourth-order valence-corrected chi connectivity index (χ4v) is 2.06. The van der Waals surface area contributed by atoms with Crippen LogP contribution in [0.5, 0.6) is 5.75 Å². The maximum atomic E-state index is 12.1. The zero-order valence-corrected chi connectivity index (χ0v) is 12.2. The van der Waals surface area contributed by atoms with Crippen molar-refractivity contribution in [1.29, 1.82) is 0 Å². The Morgan fingerprint density at radius 2 is 1.86 bits per heavy atom. The van der Waals surface area contributed by atoms with Gasteiger partial charge in [0.15, 0.2) is 0 Å². The minimum Gasteiger partial charge on any atom is -0.435 e. The molecule has 4 nitrogen and oxygen atoms in total. The van der Waals surface area contributed by atoms with Crippen LogP contribution in [-0.2, 0) is 0 Å². The molecular weight excluding hydrogens is 346 g/mol. The fraction of sp³-hybridized carbons (Fsp3) is 0.0714. The molecule has 3 N–H and O–H groups in total. The first-order valence-electron chi connectivity index (χ1n) is 5.87. The molecule has 0 heterocycles. The lowest BCUT2D eigenvalue weighted by Gasteiger charge is -2.09. The minimum atomic E-state index is -2.88. The predicted molar refractivity (Wildman–Crippen MR) is 79.6 cm³/mol. The Kier molecular flexibility index (Phi) is 4.74. The van der Waals surface area contributed by atoms with Gasteiger partial charge in [0.1, 0.15) is 5.75 Å². The fourth-order valence-electron chi connectivity index (χ4n) is 1.64. The zero-order chi connectivity index (χ0) is 15.4. The van der Waals surface area contributed by atoms with Crippen LogP contribution in [0.25, 0.3) is 0 Å². The average Bonchev–Trinajstić information content (AvgIpc) is 2.43. The molecule has 0 bridgehead atoms. The van der Waals surface area contributed by atoms with Crippen molar-refractivity contribution in [2.75, 3.05) is 11.1 Å². The molecule has 7 heteroatoms. The number of hydrogen-bond donors (Lipinski definition) is 2. The van der Waals surface area contributed by atoms with E-state index in [9.17, 15) is 13.6 Å². The topological polar surface area (TPSA) is 64.4 Å². The van der Waals surface area contributed by atoms with Crippen LogP contribution in [0.3, 0.4) is 0 Å². The van der Waals surface area contributed by atoms with Gasteiger partial charge in [-0.3, -0.25) is 4.79 Å². The van der Waals surface area contributed by atoms with Crippen LogP contribution in [0.4, 0.5) is 20.2 Å². The highest BCUT2D eigenvalue weighted by Gasteiger charge is 2.11. The van der Waals surface area contributed by atoms with Gasteiger partial charge in [-0.15, -0.1) is 0 Å². The van der Waals surface area contributed by atoms with Crippen molar-refractivity contribution in [3.8, 4) is 5.75 Å². The maximum Gasteiger partial charge on any atom is 0.387 e. The Hall–Kier alpha value is -2.15. The highest BCUT2D eigenvalue weighted by Crippen LogP contribution is 2.22. The lowest BCUT2D eigenvalue weighted by atomic mass is 10.2. The molecule has 0 saturated carbocycles. The van der Waals surface area contributed by atoms with Crippen LogP contribution in [-0.4, -0.2) is 12.5 Å². The lowest BCUT2D eigenvalue weighted by Crippen LogP contribution is -2.13. The van der Waals surface area contributed by atoms with Crippen LogP contribution in [0.1, 0.15) is 10.4 Å². The second-order valence-corrected chi connectivity index (χ2v) is 4.95. The number of rotatable bonds is 4. The van der Waals surface area contributed by atoms with E-state index in [0.29, 0.717) is 21.4 Å². The van der Waals surface area contributed by atoms with Crippen LogP contribution in [0, 0.1) is 0 Å². The molecule has 0 aliphatic rings. The predicted octanol–water partition coefficient (Wildman–Crippen LogP) is 3.89. The van der Waals surface area contributed by atoms with Gasteiger partial charge in [-0.25, -0.2) is 0 Å². The Labute approximate surface area is 128 Å². The van der Waals surface area contributed by atoms with Gasteiger partial charge in [0.05, 0.1) is 5.56 Å². The van der Waals surface area contributed by atoms with E-state index in [1.807, 2.05) is 0 Å². The van der Waals surface area contributed by atoms with Gasteiger partial charge in [-0.2, -0.15) is 8.78 Å². The first-order chi connectivity index (χ1) is 9.95. The van der Waals surface area contributed by atoms with Gasteiger partial charge in [0.25, 0.3) is 5.91 Å². The summed E-state index contributed by atoms with van der Waals surface area (Å²) in [7, 11) is 0. The van der Waals surface area contributed by atoms with Gasteiger partial charge < -0.3 is 15.8 Å². The van der Waals surface area contributed by atoms with Gasteiger partial charge in [-0.1, -0.05) is 0 Å². The van der Waals surface area contributed by atoms with Crippen molar-refractivity contribution in [1.82, 2.24) is 0 Å². The molecule has 0 aromatic heterocycles. The van der Waals surface area contributed by atoms with E-state index in [2.05, 4.69) is 26.0 Å². The standard InChI is InChI=1S/C14H11BrF2N2O2/c15-12-6-1-8(18)7-11(12)13(20)19-9-2-4-10(5-3-9)21-14(16)17/h1-7,14H,18H2,(H,19,20). The van der Waals surface area contributed by atoms with Gasteiger partial charge in [0, 0.05) is 15.8 Å². The van der Waals surface area contributed by atoms with Crippen molar-refractivity contribution >= 4 is 33.2 Å². The number of halogens is 3. The number of benzene rings is 2. The molecule has 0 aliphatic carbocycles. The van der Waals surface area contributed by atoms with Crippen LogP contribution < -0.4 is 15.8 Å². The second kappa shape index (κ2) is 6.53. The number of nitrogens with two attached hydrogens (primary N) is 1. The third-order valence-electron chi connectivity index (χ3n) is 2.57. The van der Waals surface area contributed by atoms with Gasteiger partial charge in [-0.05, 0) is 58.4 Å². The largest absolute Gasteiger partial charge is 0.435 e. The SMILES string of the molecule is Nc1ccc(Br)c(C(=O)Nc2ccc(OC(F)F)cc2)c1. The number of nitrogens with one attached hydrogen (secondary N) is 1. The molecule has 0 aliphatic heterocycles. The number of nitrogen functional groups attached to an aromatic ring is 1. The summed E-state index contributed by atoms with van der Waals surface area (Å²) in [4.78, 5) is 12.1. The van der Waals surface area contributed by atoms with Crippen molar-refractivity contribution in [2.45, 2.75) is 6.61 Å². The molecular formula is C14H11BrF2N2O2. The number of carbonyl (C=O) groups excluding carboxylic acids is 1. The van der Waals surface area contributed by atoms with Crippen LogP contribution >= 0.6 is 15.9 Å². The maximum absolute atomic E-state index is 12.1. The number of carbonyl (C=O) groups is 1. The van der Waals surface area contributed by atoms with E-state index in [1.165, 1.54) is 30.3 Å². The van der Waals surface area contributed by atoms with E-state index in [0.717, 1.165) is 0 Å². The number of amides is 1. The summed E-state index contributed by atoms with van der Waals surface area (Å²) in [6.07, 6.45) is 0. The Balaban J connectivity index is 2.10. The summed E-state index contributed by atoms with van der Waals surface area (Å²) in [5.41, 5.74) is 6.93. The van der Waals surface area contributed by atoms with Crippen molar-refractivity contribution < 1.29 is 18.3 Å². The first-order valence-corrected chi connectivity index (χ1v) is 6.66. The number of hydrogen-bond acceptors (Lipinski definition) is 3. The normalized spacial score (nSPS) is 10.5. The second-order valence-electron chi connectivity index (χ2n) is 4.10. The molecule has 1 amide bonds. The highest BCUT2D eigenvalue weighted by molar-refractivity contribution is 9.10. The molecule has 21 heavy (non-hydrogen) atoms. The van der Waals surface area contributed by atoms with Crippen molar-refractivity contribution in [3.63, 3.8) is 0 Å². The summed E-state index contributed by atoms with van der Waals surface area (Å²) in [5, 5.41) is 2.64. The Morgan fingerprint density at radius 3 is 2.48 bits per heavy atom. The van der Waals surface area contributed by atoms with E-state index < -0.39 is 6.61 Å². The van der Waals surface area contributed by atoms with Crippen molar-refractivity contribution in [3.05, 3.63) is 52.5 Å². The average molecular weight is 357 g/mol. The quantitative estimate of drug-likeness (QED) is 0.817. The van der Waals surface area contributed by atoms with Gasteiger partial charge >= 0.3 is 6.61 Å². The lowest BCUT2D eigenvalue weighted by molar-refractivity contribution is -0.0498. The summed E-state index contributed by atoms with van der Waals surface area (Å²) < 4.78 is 28.9. The zero-order valence-electron chi connectivity index (χ0n) is 10.6. The Bertz CT molecular complexity index is 648. The number of alkyl halides is 2. The van der Waals surface area contributed by atoms with Crippen LogP contribution in [0.2, 0.25) is 0 Å². The molecule has 2 aromatic carbocycles. The van der Waals surface area contributed by atoms with E-state index in [-0.39, 0.29) is 11.7 Å². The molecule has 110 valence electrons. The van der Waals surface area contributed by atoms with E-state index >= 15 is 0 Å². The molecule has 2 aromatic rings. The molecule has 0 saturated heterocycles. The monoisotopic (exact) mass is 356 g/mol. The number of ether oxygens (including phenoxy) is 1. The summed E-state index contributed by atoms with van der Waals surface area (Å²) in [6, 6.07) is 10.5. The third-order valence-corrected chi connectivity index (χ3v) is 3.26. The van der Waals surface area contributed by atoms with E-state index in [1.54, 1.807) is 12.1 Å². The highest BCUT2D eigenvalue weighted by atomic mass is 79.9. The molecule has 0 fully saturated rings. The summed E-state index contributed by atoms with van der Waals surface area (Å²) in [6.45, 7) is -2.88. The van der Waals surface area contributed by atoms with Crippen LogP contribution in [0.15, 0.2) is 46.9 Å². The molecule has 0 radical (unpaired) electrons. The van der Waals surface area contributed by atoms with E-state index in [4.69, 9.17) is 5.73 Å². The molecule has 0 spiro atoms. The number of anilines is 2. The van der Waals surface area contributed by atoms with Crippen molar-refractivity contribution in [2.24, 2.45) is 0 Å². The molecule has 0 unspecified atom stereocenters. The molecule has 2 rings (SSSR count). The third kappa shape index (κ3) is 4.16. The summed E-state index contributed by atoms with van der Waals surface area (Å²) >= 11 is 3.26. The molecule has 0 atom stereocenters. The minimum absolute atomic E-state index is 0.0214. The summed E-state index contributed by atoms with van der Waals surface area (Å²) in [5.74, 6) is -0.343. The first kappa shape index (κ1) is 15.2.